The molecule has 0 bridgehead atoms. The Labute approximate surface area is 109 Å². The summed E-state index contributed by atoms with van der Waals surface area (Å²) in [5.74, 6) is -1.13. The molecule has 2 aromatic carbocycles. The van der Waals surface area contributed by atoms with Crippen molar-refractivity contribution < 1.29 is 23.6 Å². The van der Waals surface area contributed by atoms with Crippen LogP contribution in [-0.2, 0) is 6.61 Å². The van der Waals surface area contributed by atoms with Crippen molar-refractivity contribution in [1.29, 1.82) is 0 Å². The fourth-order valence-electron chi connectivity index (χ4n) is 1.60. The Hall–Kier alpha value is -1.92. The molecule has 2 rings (SSSR count). The number of rotatable bonds is 4. The summed E-state index contributed by atoms with van der Waals surface area (Å²) in [5, 5.41) is 17.9. The molecule has 98 valence electrons. The van der Waals surface area contributed by atoms with E-state index in [-0.39, 0.29) is 17.8 Å². The summed E-state index contributed by atoms with van der Waals surface area (Å²) in [6, 6.07) is 9.72. The molecule has 0 spiro atoms. The second-order valence-electron chi connectivity index (χ2n) is 3.95. The Morgan fingerprint density at radius 3 is 2.42 bits per heavy atom. The maximum absolute atomic E-state index is 13.3. The van der Waals surface area contributed by atoms with Gasteiger partial charge < -0.3 is 14.8 Å². The predicted octanol–water partition coefficient (Wildman–Crippen LogP) is 1.22. The number of halogens is 2. The van der Waals surface area contributed by atoms with E-state index in [2.05, 4.69) is 0 Å². The van der Waals surface area contributed by atoms with Gasteiger partial charge >= 0.3 is 7.12 Å². The van der Waals surface area contributed by atoms with Gasteiger partial charge in [0.1, 0.15) is 12.4 Å². The smallest absolute Gasteiger partial charge is 0.486 e. The molecule has 0 heterocycles. The minimum atomic E-state index is -1.89. The number of para-hydroxylation sites is 1. The van der Waals surface area contributed by atoms with Crippen LogP contribution in [0.3, 0.4) is 0 Å². The first-order chi connectivity index (χ1) is 9.08. The van der Waals surface area contributed by atoms with Gasteiger partial charge in [-0.15, -0.1) is 0 Å². The van der Waals surface area contributed by atoms with Crippen molar-refractivity contribution >= 4 is 12.6 Å². The monoisotopic (exact) mass is 264 g/mol. The normalized spacial score (nSPS) is 10.3. The Balaban J connectivity index is 2.12. The summed E-state index contributed by atoms with van der Waals surface area (Å²) in [6.45, 7) is 0.000926. The van der Waals surface area contributed by atoms with Gasteiger partial charge in [0.25, 0.3) is 0 Å². The van der Waals surface area contributed by atoms with E-state index in [1.807, 2.05) is 0 Å². The molecule has 2 N–H and O–H groups in total. The van der Waals surface area contributed by atoms with Gasteiger partial charge in [0.15, 0.2) is 11.6 Å². The third-order valence-corrected chi connectivity index (χ3v) is 2.57. The minimum absolute atomic E-state index is 0.000926. The Bertz CT molecular complexity index is 576. The summed E-state index contributed by atoms with van der Waals surface area (Å²) in [5.41, 5.74) is 0.266. The van der Waals surface area contributed by atoms with Crippen LogP contribution < -0.4 is 10.2 Å². The molecule has 0 amide bonds. The van der Waals surface area contributed by atoms with Crippen LogP contribution in [-0.4, -0.2) is 17.2 Å². The minimum Gasteiger partial charge on any atom is -0.486 e. The van der Waals surface area contributed by atoms with Crippen LogP contribution in [0.5, 0.6) is 5.75 Å². The number of hydrogen-bond donors (Lipinski definition) is 2. The fraction of sp³-hybridized carbons (Fsp3) is 0.0769. The van der Waals surface area contributed by atoms with Crippen LogP contribution in [0.1, 0.15) is 5.56 Å². The lowest BCUT2D eigenvalue weighted by atomic mass is 9.79. The van der Waals surface area contributed by atoms with E-state index in [9.17, 15) is 8.78 Å². The summed E-state index contributed by atoms with van der Waals surface area (Å²) in [6.07, 6.45) is 0. The number of ether oxygens (including phenoxy) is 1. The SMILES string of the molecule is OB(O)c1cc(COc2ccccc2F)ccc1F. The maximum Gasteiger partial charge on any atom is 0.491 e. The van der Waals surface area contributed by atoms with E-state index < -0.39 is 18.8 Å². The van der Waals surface area contributed by atoms with Gasteiger partial charge in [-0.05, 0) is 23.8 Å². The lowest BCUT2D eigenvalue weighted by Crippen LogP contribution is -2.33. The molecule has 0 aliphatic heterocycles. The third kappa shape index (κ3) is 3.30. The van der Waals surface area contributed by atoms with Crippen molar-refractivity contribution in [2.24, 2.45) is 0 Å². The first kappa shape index (κ1) is 13.5. The maximum atomic E-state index is 13.3. The second kappa shape index (κ2) is 5.82. The van der Waals surface area contributed by atoms with E-state index in [0.717, 1.165) is 6.07 Å². The van der Waals surface area contributed by atoms with Crippen LogP contribution in [0.25, 0.3) is 0 Å². The topological polar surface area (TPSA) is 49.7 Å². The van der Waals surface area contributed by atoms with Gasteiger partial charge in [-0.25, -0.2) is 8.78 Å². The zero-order valence-corrected chi connectivity index (χ0v) is 9.88. The first-order valence-electron chi connectivity index (χ1n) is 5.59. The summed E-state index contributed by atoms with van der Waals surface area (Å²) >= 11 is 0. The van der Waals surface area contributed by atoms with Crippen LogP contribution >= 0.6 is 0 Å². The van der Waals surface area contributed by atoms with Crippen molar-refractivity contribution in [3.8, 4) is 5.75 Å². The summed E-state index contributed by atoms with van der Waals surface area (Å²) < 4.78 is 31.8. The summed E-state index contributed by atoms with van der Waals surface area (Å²) in [7, 11) is -1.89. The molecule has 0 atom stereocenters. The lowest BCUT2D eigenvalue weighted by Gasteiger charge is -2.09. The molecule has 0 aliphatic carbocycles. The molecular formula is C13H11BF2O3. The van der Waals surface area contributed by atoms with Gasteiger partial charge in [0.05, 0.1) is 0 Å². The standard InChI is InChI=1S/C13H11BF2O3/c15-11-6-5-9(7-10(11)14(17)18)8-19-13-4-2-1-3-12(13)16/h1-7,17-18H,8H2. The van der Waals surface area contributed by atoms with E-state index in [1.165, 1.54) is 24.3 Å². The number of benzene rings is 2. The Morgan fingerprint density at radius 1 is 1.00 bits per heavy atom. The number of hydrogen-bond acceptors (Lipinski definition) is 3. The molecule has 2 aromatic rings. The average Bonchev–Trinajstić information content (AvgIpc) is 2.39. The van der Waals surface area contributed by atoms with Gasteiger partial charge in [0, 0.05) is 5.46 Å². The first-order valence-corrected chi connectivity index (χ1v) is 5.59. The molecule has 19 heavy (non-hydrogen) atoms. The quantitative estimate of drug-likeness (QED) is 0.816. The van der Waals surface area contributed by atoms with E-state index in [4.69, 9.17) is 14.8 Å². The molecule has 3 nitrogen and oxygen atoms in total. The Kier molecular flexibility index (Phi) is 4.14. The van der Waals surface area contributed by atoms with Gasteiger partial charge in [-0.2, -0.15) is 0 Å². The van der Waals surface area contributed by atoms with E-state index >= 15 is 0 Å². The molecule has 0 aromatic heterocycles. The van der Waals surface area contributed by atoms with Crippen molar-refractivity contribution in [2.75, 3.05) is 0 Å². The van der Waals surface area contributed by atoms with Crippen LogP contribution in [0.15, 0.2) is 42.5 Å². The molecule has 0 radical (unpaired) electrons. The highest BCUT2D eigenvalue weighted by Gasteiger charge is 2.17. The molecule has 0 aliphatic rings. The molecule has 0 saturated carbocycles. The van der Waals surface area contributed by atoms with Crippen molar-refractivity contribution in [1.82, 2.24) is 0 Å². The molecule has 0 fully saturated rings. The van der Waals surface area contributed by atoms with Gasteiger partial charge in [-0.3, -0.25) is 0 Å². The molecule has 0 saturated heterocycles. The van der Waals surface area contributed by atoms with Crippen LogP contribution in [0.4, 0.5) is 8.78 Å². The molecule has 0 unspecified atom stereocenters. The van der Waals surface area contributed by atoms with Crippen molar-refractivity contribution in [3.05, 3.63) is 59.7 Å². The van der Waals surface area contributed by atoms with Gasteiger partial charge in [-0.1, -0.05) is 24.3 Å². The molecule has 6 heteroatoms. The van der Waals surface area contributed by atoms with E-state index in [1.54, 1.807) is 12.1 Å². The average molecular weight is 264 g/mol. The third-order valence-electron chi connectivity index (χ3n) is 2.57. The van der Waals surface area contributed by atoms with Crippen molar-refractivity contribution in [2.45, 2.75) is 6.61 Å². The highest BCUT2D eigenvalue weighted by Crippen LogP contribution is 2.17. The van der Waals surface area contributed by atoms with Crippen LogP contribution in [0.2, 0.25) is 0 Å². The zero-order valence-electron chi connectivity index (χ0n) is 9.88. The van der Waals surface area contributed by atoms with Crippen molar-refractivity contribution in [3.63, 3.8) is 0 Å². The van der Waals surface area contributed by atoms with Crippen LogP contribution in [0, 0.1) is 11.6 Å². The largest absolute Gasteiger partial charge is 0.491 e. The Morgan fingerprint density at radius 2 is 1.74 bits per heavy atom. The fourth-order valence-corrected chi connectivity index (χ4v) is 1.60. The second-order valence-corrected chi connectivity index (χ2v) is 3.95. The zero-order chi connectivity index (χ0) is 13.8. The summed E-state index contributed by atoms with van der Waals surface area (Å²) in [4.78, 5) is 0. The highest BCUT2D eigenvalue weighted by atomic mass is 19.1. The lowest BCUT2D eigenvalue weighted by molar-refractivity contribution is 0.290. The van der Waals surface area contributed by atoms with Gasteiger partial charge in [0.2, 0.25) is 0 Å². The predicted molar refractivity (Wildman–Crippen MR) is 67.0 cm³/mol. The highest BCUT2D eigenvalue weighted by molar-refractivity contribution is 6.58. The van der Waals surface area contributed by atoms with E-state index in [0.29, 0.717) is 5.56 Å². The molecular weight excluding hydrogens is 253 g/mol.